The molecule has 1 aromatic rings. The number of aliphatic hydroxyl groups excluding tert-OH is 4. The van der Waals surface area contributed by atoms with Crippen LogP contribution >= 0.6 is 0 Å². The predicted octanol–water partition coefficient (Wildman–Crippen LogP) is -2.42. The van der Waals surface area contributed by atoms with Gasteiger partial charge in [-0.05, 0) is 0 Å². The minimum atomic E-state index is -1.44. The van der Waals surface area contributed by atoms with Crippen LogP contribution in [0.4, 0.5) is 0 Å². The summed E-state index contributed by atoms with van der Waals surface area (Å²) < 4.78 is 10.0. The first-order valence-electron chi connectivity index (χ1n) is 4.71. The van der Waals surface area contributed by atoms with Gasteiger partial charge in [-0.1, -0.05) is 0 Å². The van der Waals surface area contributed by atoms with Crippen LogP contribution in [-0.4, -0.2) is 61.6 Å². The van der Waals surface area contributed by atoms with Crippen LogP contribution in [0.15, 0.2) is 10.8 Å². The molecule has 1 saturated heterocycles. The van der Waals surface area contributed by atoms with Crippen LogP contribution in [0.5, 0.6) is 0 Å². The van der Waals surface area contributed by atoms with E-state index in [1.165, 1.54) is 0 Å². The van der Waals surface area contributed by atoms with Crippen molar-refractivity contribution in [3.8, 4) is 0 Å². The van der Waals surface area contributed by atoms with E-state index >= 15 is 0 Å². The number of ether oxygens (including phenoxy) is 1. The first kappa shape index (κ1) is 11.4. The van der Waals surface area contributed by atoms with Gasteiger partial charge in [0.25, 0.3) is 0 Å². The van der Waals surface area contributed by atoms with Gasteiger partial charge >= 0.3 is 0 Å². The second-order valence-electron chi connectivity index (χ2n) is 3.53. The molecule has 1 aromatic heterocycles. The molecule has 0 amide bonds. The van der Waals surface area contributed by atoms with Crippen molar-refractivity contribution in [1.29, 1.82) is 0 Å². The van der Waals surface area contributed by atoms with Crippen molar-refractivity contribution < 1.29 is 29.6 Å². The smallest absolute Gasteiger partial charge is 0.247 e. The molecule has 1 aliphatic rings. The number of hydrogen-bond acceptors (Lipinski definition) is 8. The molecule has 16 heavy (non-hydrogen) atoms. The fourth-order valence-electron chi connectivity index (χ4n) is 1.61. The molecular formula is C8H12N2O6. The molecule has 1 aliphatic heterocycles. The van der Waals surface area contributed by atoms with Gasteiger partial charge in [0.15, 0.2) is 6.10 Å². The Balaban J connectivity index is 2.20. The number of aliphatic hydroxyl groups is 4. The Labute approximate surface area is 90.1 Å². The fraction of sp³-hybridized carbons (Fsp3) is 0.750. The van der Waals surface area contributed by atoms with Gasteiger partial charge in [-0.25, -0.2) is 0 Å². The van der Waals surface area contributed by atoms with Crippen molar-refractivity contribution in [3.05, 3.63) is 12.3 Å². The topological polar surface area (TPSA) is 129 Å². The zero-order valence-corrected chi connectivity index (χ0v) is 8.17. The van der Waals surface area contributed by atoms with Crippen LogP contribution in [-0.2, 0) is 4.74 Å². The van der Waals surface area contributed by atoms with Crippen molar-refractivity contribution in [2.24, 2.45) is 0 Å². The average Bonchev–Trinajstić information content (AvgIpc) is 2.80. The molecule has 2 rings (SSSR count). The van der Waals surface area contributed by atoms with Gasteiger partial charge in [0.05, 0.1) is 6.61 Å². The van der Waals surface area contributed by atoms with Crippen LogP contribution in [0.2, 0.25) is 0 Å². The van der Waals surface area contributed by atoms with Gasteiger partial charge in [-0.15, -0.1) is 10.2 Å². The summed E-state index contributed by atoms with van der Waals surface area (Å²) in [5.74, 6) is -0.0168. The van der Waals surface area contributed by atoms with Crippen LogP contribution in [0.3, 0.4) is 0 Å². The number of rotatable bonds is 2. The average molecular weight is 232 g/mol. The molecular weight excluding hydrogens is 220 g/mol. The van der Waals surface area contributed by atoms with Crippen LogP contribution < -0.4 is 0 Å². The molecule has 0 saturated carbocycles. The van der Waals surface area contributed by atoms with E-state index < -0.39 is 37.1 Å². The Hall–Kier alpha value is -1.06. The van der Waals surface area contributed by atoms with Gasteiger partial charge in [-0.2, -0.15) is 0 Å². The van der Waals surface area contributed by atoms with Crippen LogP contribution in [0.25, 0.3) is 0 Å². The third-order valence-electron chi connectivity index (χ3n) is 2.51. The molecule has 0 aliphatic carbocycles. The SMILES string of the molecule is OC[C@H]1OC(c2nnco2)[C@H](O)[C@@H](O)[C@H]1O. The zero-order valence-electron chi connectivity index (χ0n) is 8.17. The Morgan fingerprint density at radius 1 is 1.19 bits per heavy atom. The standard InChI is InChI=1S/C8H12N2O6/c11-1-3-4(12)5(13)6(14)7(16-3)8-10-9-2-15-8/h2-7,11-14H,1H2/t3-,4+,5+,6-,7?/m1/s1. The summed E-state index contributed by atoms with van der Waals surface area (Å²) in [6, 6.07) is 0. The molecule has 1 fully saturated rings. The van der Waals surface area contributed by atoms with Gasteiger partial charge in [-0.3, -0.25) is 0 Å². The quantitative estimate of drug-likeness (QED) is 0.443. The van der Waals surface area contributed by atoms with E-state index in [-0.39, 0.29) is 5.89 Å². The second-order valence-corrected chi connectivity index (χ2v) is 3.53. The highest BCUT2D eigenvalue weighted by Gasteiger charge is 2.45. The normalized spacial score (nSPS) is 39.9. The molecule has 8 heteroatoms. The fourth-order valence-corrected chi connectivity index (χ4v) is 1.61. The largest absolute Gasteiger partial charge is 0.425 e. The molecule has 8 nitrogen and oxygen atoms in total. The van der Waals surface area contributed by atoms with Crippen molar-refractivity contribution in [1.82, 2.24) is 10.2 Å². The van der Waals surface area contributed by atoms with E-state index in [1.54, 1.807) is 0 Å². The summed E-state index contributed by atoms with van der Waals surface area (Å²) >= 11 is 0. The lowest BCUT2D eigenvalue weighted by Crippen LogP contribution is -2.55. The van der Waals surface area contributed by atoms with E-state index in [4.69, 9.17) is 14.3 Å². The Kier molecular flexibility index (Phi) is 3.17. The highest BCUT2D eigenvalue weighted by atomic mass is 16.6. The van der Waals surface area contributed by atoms with Gasteiger partial charge in [0, 0.05) is 0 Å². The molecule has 90 valence electrons. The van der Waals surface area contributed by atoms with E-state index in [0.29, 0.717) is 0 Å². The molecule has 0 bridgehead atoms. The Morgan fingerprint density at radius 2 is 1.94 bits per heavy atom. The molecule has 0 radical (unpaired) electrons. The third kappa shape index (κ3) is 1.81. The van der Waals surface area contributed by atoms with E-state index in [0.717, 1.165) is 6.39 Å². The highest BCUT2D eigenvalue weighted by molar-refractivity contribution is 4.98. The Bertz CT molecular complexity index is 329. The van der Waals surface area contributed by atoms with E-state index in [1.807, 2.05) is 0 Å². The summed E-state index contributed by atoms with van der Waals surface area (Å²) in [6.45, 7) is -0.490. The number of nitrogens with zero attached hydrogens (tertiary/aromatic N) is 2. The molecule has 0 spiro atoms. The maximum atomic E-state index is 9.65. The van der Waals surface area contributed by atoms with Gasteiger partial charge in [0.2, 0.25) is 12.3 Å². The summed E-state index contributed by atoms with van der Waals surface area (Å²) in [5, 5.41) is 44.5. The summed E-state index contributed by atoms with van der Waals surface area (Å²) in [5.41, 5.74) is 0. The van der Waals surface area contributed by atoms with Crippen LogP contribution in [0.1, 0.15) is 12.0 Å². The molecule has 4 N–H and O–H groups in total. The maximum Gasteiger partial charge on any atom is 0.247 e. The van der Waals surface area contributed by atoms with Crippen molar-refractivity contribution in [2.45, 2.75) is 30.5 Å². The van der Waals surface area contributed by atoms with Crippen molar-refractivity contribution in [2.75, 3.05) is 6.61 Å². The van der Waals surface area contributed by atoms with Crippen LogP contribution in [0, 0.1) is 0 Å². The first-order chi connectivity index (χ1) is 7.65. The highest BCUT2D eigenvalue weighted by Crippen LogP contribution is 2.30. The minimum absolute atomic E-state index is 0.0168. The van der Waals surface area contributed by atoms with Gasteiger partial charge in [0.1, 0.15) is 24.4 Å². The summed E-state index contributed by atoms with van der Waals surface area (Å²) in [7, 11) is 0. The van der Waals surface area contributed by atoms with E-state index in [9.17, 15) is 15.3 Å². The Morgan fingerprint density at radius 3 is 2.50 bits per heavy atom. The van der Waals surface area contributed by atoms with Gasteiger partial charge < -0.3 is 29.6 Å². The first-order valence-corrected chi connectivity index (χ1v) is 4.71. The van der Waals surface area contributed by atoms with Crippen molar-refractivity contribution >= 4 is 0 Å². The monoisotopic (exact) mass is 232 g/mol. The van der Waals surface area contributed by atoms with E-state index in [2.05, 4.69) is 10.2 Å². The second kappa shape index (κ2) is 4.44. The zero-order chi connectivity index (χ0) is 11.7. The maximum absolute atomic E-state index is 9.65. The minimum Gasteiger partial charge on any atom is -0.425 e. The van der Waals surface area contributed by atoms with Crippen molar-refractivity contribution in [3.63, 3.8) is 0 Å². The number of hydrogen-bond donors (Lipinski definition) is 4. The summed E-state index contributed by atoms with van der Waals surface area (Å²) in [4.78, 5) is 0. The lowest BCUT2D eigenvalue weighted by atomic mass is 9.95. The predicted molar refractivity (Wildman–Crippen MR) is 47.0 cm³/mol. The lowest BCUT2D eigenvalue weighted by molar-refractivity contribution is -0.236. The third-order valence-corrected chi connectivity index (χ3v) is 2.51. The lowest BCUT2D eigenvalue weighted by Gasteiger charge is -2.38. The molecule has 2 heterocycles. The molecule has 5 atom stereocenters. The molecule has 1 unspecified atom stereocenters. The molecule has 0 aromatic carbocycles. The number of aromatic nitrogens is 2. The summed E-state index contributed by atoms with van der Waals surface area (Å²) in [6.07, 6.45) is -5.20.